The second kappa shape index (κ2) is 3.14. The number of hydrogen-bond acceptors (Lipinski definition) is 3. The standard InChI is InChI=1S/C9H11NO3/c1-6(11)10-7-5-9(2,13)4-3-8(7)12/h3-5,13H,1-2H3,(H,10,11). The summed E-state index contributed by atoms with van der Waals surface area (Å²) in [6.07, 6.45) is 3.93. The quantitative estimate of drug-likeness (QED) is 0.593. The minimum absolute atomic E-state index is 0.125. The second-order valence-electron chi connectivity index (χ2n) is 3.16. The van der Waals surface area contributed by atoms with Gasteiger partial charge in [-0.25, -0.2) is 0 Å². The van der Waals surface area contributed by atoms with Crippen molar-refractivity contribution in [2.45, 2.75) is 19.4 Å². The number of carbonyl (C=O) groups excluding carboxylic acids is 2. The molecule has 0 heterocycles. The van der Waals surface area contributed by atoms with E-state index in [9.17, 15) is 14.7 Å². The summed E-state index contributed by atoms with van der Waals surface area (Å²) in [5, 5.41) is 11.9. The van der Waals surface area contributed by atoms with Crippen molar-refractivity contribution in [2.75, 3.05) is 0 Å². The van der Waals surface area contributed by atoms with Gasteiger partial charge in [-0.15, -0.1) is 0 Å². The number of aliphatic hydroxyl groups is 1. The lowest BCUT2D eigenvalue weighted by atomic mass is 9.98. The van der Waals surface area contributed by atoms with Crippen LogP contribution < -0.4 is 5.32 Å². The lowest BCUT2D eigenvalue weighted by molar-refractivity contribution is -0.120. The van der Waals surface area contributed by atoms with E-state index in [4.69, 9.17) is 0 Å². The third-order valence-electron chi connectivity index (χ3n) is 1.58. The highest BCUT2D eigenvalue weighted by Gasteiger charge is 2.22. The lowest BCUT2D eigenvalue weighted by Crippen LogP contribution is -2.31. The SMILES string of the molecule is CC(=O)NC1=CC(C)(O)C=CC1=O. The molecule has 1 atom stereocenters. The maximum Gasteiger partial charge on any atom is 0.221 e. The number of rotatable bonds is 1. The zero-order valence-electron chi connectivity index (χ0n) is 7.50. The van der Waals surface area contributed by atoms with Crippen LogP contribution >= 0.6 is 0 Å². The van der Waals surface area contributed by atoms with Gasteiger partial charge >= 0.3 is 0 Å². The van der Waals surface area contributed by atoms with Gasteiger partial charge in [0.05, 0.1) is 5.70 Å². The highest BCUT2D eigenvalue weighted by atomic mass is 16.3. The van der Waals surface area contributed by atoms with Crippen LogP contribution in [0.3, 0.4) is 0 Å². The smallest absolute Gasteiger partial charge is 0.221 e. The molecule has 0 saturated carbocycles. The van der Waals surface area contributed by atoms with Gasteiger partial charge in [0.1, 0.15) is 5.60 Å². The predicted molar refractivity (Wildman–Crippen MR) is 46.7 cm³/mol. The summed E-state index contributed by atoms with van der Waals surface area (Å²) < 4.78 is 0. The van der Waals surface area contributed by atoms with Crippen LogP contribution in [0.25, 0.3) is 0 Å². The van der Waals surface area contributed by atoms with E-state index in [0.29, 0.717) is 0 Å². The fraction of sp³-hybridized carbons (Fsp3) is 0.333. The Morgan fingerprint density at radius 1 is 1.62 bits per heavy atom. The molecule has 1 rings (SSSR count). The molecule has 1 unspecified atom stereocenters. The number of nitrogens with one attached hydrogen (secondary N) is 1. The van der Waals surface area contributed by atoms with Gasteiger partial charge in [-0.05, 0) is 25.2 Å². The van der Waals surface area contributed by atoms with Crippen molar-refractivity contribution in [3.05, 3.63) is 23.9 Å². The van der Waals surface area contributed by atoms with Crippen LogP contribution in [-0.4, -0.2) is 22.4 Å². The molecule has 0 saturated heterocycles. The Hall–Kier alpha value is -1.42. The van der Waals surface area contributed by atoms with E-state index in [1.54, 1.807) is 0 Å². The molecular weight excluding hydrogens is 170 g/mol. The Labute approximate surface area is 75.9 Å². The summed E-state index contributed by atoms with van der Waals surface area (Å²) in [4.78, 5) is 21.8. The first-order valence-electron chi connectivity index (χ1n) is 3.87. The van der Waals surface area contributed by atoms with Crippen molar-refractivity contribution < 1.29 is 14.7 Å². The van der Waals surface area contributed by atoms with Crippen molar-refractivity contribution in [1.29, 1.82) is 0 Å². The maximum absolute atomic E-state index is 11.1. The fourth-order valence-electron chi connectivity index (χ4n) is 1.03. The summed E-state index contributed by atoms with van der Waals surface area (Å²) in [6, 6.07) is 0. The maximum atomic E-state index is 11.1. The average Bonchev–Trinajstić information content (AvgIpc) is 1.95. The molecule has 0 fully saturated rings. The van der Waals surface area contributed by atoms with E-state index in [0.717, 1.165) is 0 Å². The Bertz CT molecular complexity index is 313. The van der Waals surface area contributed by atoms with E-state index in [1.807, 2.05) is 0 Å². The van der Waals surface area contributed by atoms with E-state index in [-0.39, 0.29) is 17.4 Å². The molecule has 1 amide bonds. The second-order valence-corrected chi connectivity index (χ2v) is 3.16. The molecule has 0 radical (unpaired) electrons. The molecule has 70 valence electrons. The summed E-state index contributed by atoms with van der Waals surface area (Å²) in [5.74, 6) is -0.632. The van der Waals surface area contributed by atoms with Gasteiger partial charge in [0, 0.05) is 6.92 Å². The van der Waals surface area contributed by atoms with Gasteiger partial charge in [-0.1, -0.05) is 0 Å². The van der Waals surface area contributed by atoms with Gasteiger partial charge in [-0.2, -0.15) is 0 Å². The summed E-state index contributed by atoms with van der Waals surface area (Å²) >= 11 is 0. The molecule has 0 aromatic heterocycles. The van der Waals surface area contributed by atoms with Gasteiger partial charge in [0.25, 0.3) is 0 Å². The largest absolute Gasteiger partial charge is 0.382 e. The van der Waals surface area contributed by atoms with Crippen LogP contribution in [0.5, 0.6) is 0 Å². The minimum Gasteiger partial charge on any atom is -0.382 e. The normalized spacial score (nSPS) is 27.0. The summed E-state index contributed by atoms with van der Waals surface area (Å²) in [6.45, 7) is 2.83. The van der Waals surface area contributed by atoms with Crippen LogP contribution in [0.2, 0.25) is 0 Å². The van der Waals surface area contributed by atoms with Crippen LogP contribution in [0, 0.1) is 0 Å². The minimum atomic E-state index is -1.16. The monoisotopic (exact) mass is 181 g/mol. The van der Waals surface area contributed by atoms with Crippen molar-refractivity contribution in [1.82, 2.24) is 5.32 Å². The molecule has 1 aliphatic rings. The van der Waals surface area contributed by atoms with Crippen LogP contribution in [-0.2, 0) is 9.59 Å². The molecule has 0 bridgehead atoms. The molecule has 1 aliphatic carbocycles. The zero-order valence-corrected chi connectivity index (χ0v) is 7.50. The molecule has 0 spiro atoms. The van der Waals surface area contributed by atoms with E-state index in [1.165, 1.54) is 32.1 Å². The average molecular weight is 181 g/mol. The third kappa shape index (κ3) is 2.52. The molecule has 0 aromatic carbocycles. The van der Waals surface area contributed by atoms with Crippen molar-refractivity contribution in [3.8, 4) is 0 Å². The lowest BCUT2D eigenvalue weighted by Gasteiger charge is -2.19. The summed E-state index contributed by atoms with van der Waals surface area (Å²) in [7, 11) is 0. The predicted octanol–water partition coefficient (Wildman–Crippen LogP) is -0.104. The number of carbonyl (C=O) groups is 2. The first-order chi connectivity index (χ1) is 5.91. The first kappa shape index (κ1) is 9.67. The molecule has 0 aromatic rings. The van der Waals surface area contributed by atoms with Crippen LogP contribution in [0.15, 0.2) is 23.9 Å². The number of hydrogen-bond donors (Lipinski definition) is 2. The topological polar surface area (TPSA) is 66.4 Å². The molecule has 13 heavy (non-hydrogen) atoms. The molecular formula is C9H11NO3. The van der Waals surface area contributed by atoms with Gasteiger partial charge in [0.15, 0.2) is 0 Å². The molecule has 0 aliphatic heterocycles. The highest BCUT2D eigenvalue weighted by molar-refractivity contribution is 6.07. The van der Waals surface area contributed by atoms with E-state index < -0.39 is 5.60 Å². The van der Waals surface area contributed by atoms with Gasteiger partial charge in [0.2, 0.25) is 11.7 Å². The van der Waals surface area contributed by atoms with E-state index in [2.05, 4.69) is 5.32 Å². The fourth-order valence-corrected chi connectivity index (χ4v) is 1.03. The summed E-state index contributed by atoms with van der Waals surface area (Å²) in [5.41, 5.74) is -1.04. The molecule has 4 heteroatoms. The van der Waals surface area contributed by atoms with Crippen LogP contribution in [0.4, 0.5) is 0 Å². The number of ketones is 1. The first-order valence-corrected chi connectivity index (χ1v) is 3.87. The van der Waals surface area contributed by atoms with Gasteiger partial charge in [-0.3, -0.25) is 9.59 Å². The van der Waals surface area contributed by atoms with Crippen LogP contribution in [0.1, 0.15) is 13.8 Å². The Kier molecular flexibility index (Phi) is 2.34. The Morgan fingerprint density at radius 3 is 2.77 bits per heavy atom. The Morgan fingerprint density at radius 2 is 2.23 bits per heavy atom. The number of allylic oxidation sites excluding steroid dienone is 1. The van der Waals surface area contributed by atoms with E-state index >= 15 is 0 Å². The van der Waals surface area contributed by atoms with Gasteiger partial charge < -0.3 is 10.4 Å². The van der Waals surface area contributed by atoms with Crippen molar-refractivity contribution >= 4 is 11.7 Å². The third-order valence-corrected chi connectivity index (χ3v) is 1.58. The molecule has 4 nitrogen and oxygen atoms in total. The highest BCUT2D eigenvalue weighted by Crippen LogP contribution is 2.15. The number of amides is 1. The zero-order chi connectivity index (χ0) is 10.1. The van der Waals surface area contributed by atoms with Crippen molar-refractivity contribution in [3.63, 3.8) is 0 Å². The van der Waals surface area contributed by atoms with Crippen molar-refractivity contribution in [2.24, 2.45) is 0 Å². The Balaban J connectivity index is 2.88. The molecule has 2 N–H and O–H groups in total.